The van der Waals surface area contributed by atoms with Crippen LogP contribution < -0.4 is 14.4 Å². The Morgan fingerprint density at radius 3 is 2.55 bits per heavy atom. The van der Waals surface area contributed by atoms with Crippen molar-refractivity contribution in [2.45, 2.75) is 39.2 Å². The van der Waals surface area contributed by atoms with Crippen LogP contribution in [0.2, 0.25) is 5.02 Å². The lowest BCUT2D eigenvalue weighted by atomic mass is 9.86. The van der Waals surface area contributed by atoms with Gasteiger partial charge in [-0.2, -0.15) is 0 Å². The molecule has 0 aliphatic carbocycles. The minimum Gasteiger partial charge on any atom is -0.476 e. The number of sulfonamides is 1. The molecule has 3 rings (SSSR count). The van der Waals surface area contributed by atoms with Crippen molar-refractivity contribution in [3.05, 3.63) is 52.5 Å². The molecule has 1 N–H and O–H groups in total. The normalized spacial score (nSPS) is 16.8. The summed E-state index contributed by atoms with van der Waals surface area (Å²) in [7, 11) is -3.60. The van der Waals surface area contributed by atoms with Crippen molar-refractivity contribution in [1.82, 2.24) is 0 Å². The van der Waals surface area contributed by atoms with E-state index in [2.05, 4.69) is 5.32 Å². The topological polar surface area (TPSA) is 75.7 Å². The fraction of sp³-hybridized carbons (Fsp3) is 0.381. The number of amides is 1. The summed E-state index contributed by atoms with van der Waals surface area (Å²) in [5.74, 6) is -0.0767. The molecule has 1 heterocycles. The predicted octanol–water partition coefficient (Wildman–Crippen LogP) is 4.11. The highest BCUT2D eigenvalue weighted by Gasteiger charge is 2.36. The van der Waals surface area contributed by atoms with Crippen LogP contribution in [0.25, 0.3) is 0 Å². The van der Waals surface area contributed by atoms with E-state index >= 15 is 0 Å². The molecule has 0 spiro atoms. The van der Waals surface area contributed by atoms with Gasteiger partial charge in [0.25, 0.3) is 5.91 Å². The summed E-state index contributed by atoms with van der Waals surface area (Å²) in [5.41, 5.74) is 2.56. The Balaban J connectivity index is 1.94. The van der Waals surface area contributed by atoms with Crippen LogP contribution in [0.5, 0.6) is 5.75 Å². The second-order valence-electron chi connectivity index (χ2n) is 8.23. The summed E-state index contributed by atoms with van der Waals surface area (Å²) >= 11 is 6.11. The number of anilines is 2. The molecule has 156 valence electrons. The van der Waals surface area contributed by atoms with Gasteiger partial charge in [-0.1, -0.05) is 44.5 Å². The average molecular weight is 437 g/mol. The lowest BCUT2D eigenvalue weighted by Gasteiger charge is -2.35. The van der Waals surface area contributed by atoms with Gasteiger partial charge in [-0.05, 0) is 47.7 Å². The van der Waals surface area contributed by atoms with Gasteiger partial charge in [0.1, 0.15) is 5.75 Å². The second-order valence-corrected chi connectivity index (χ2v) is 10.5. The van der Waals surface area contributed by atoms with Gasteiger partial charge in [0, 0.05) is 10.7 Å². The molecule has 1 aliphatic rings. The van der Waals surface area contributed by atoms with Crippen LogP contribution in [0.3, 0.4) is 0 Å². The van der Waals surface area contributed by atoms with Crippen molar-refractivity contribution in [3.8, 4) is 5.75 Å². The monoisotopic (exact) mass is 436 g/mol. The van der Waals surface area contributed by atoms with E-state index in [1.165, 1.54) is 4.31 Å². The van der Waals surface area contributed by atoms with Crippen LogP contribution in [0.1, 0.15) is 31.9 Å². The molecule has 1 amide bonds. The third-order valence-electron chi connectivity index (χ3n) is 4.91. The molecule has 1 atom stereocenters. The predicted molar refractivity (Wildman–Crippen MR) is 117 cm³/mol. The zero-order valence-corrected chi connectivity index (χ0v) is 18.7. The Morgan fingerprint density at radius 1 is 1.24 bits per heavy atom. The Kier molecular flexibility index (Phi) is 5.58. The van der Waals surface area contributed by atoms with Crippen LogP contribution >= 0.6 is 11.6 Å². The molecule has 6 nitrogen and oxygen atoms in total. The number of carbonyl (C=O) groups is 1. The molecular formula is C21H25ClN2O4S. The van der Waals surface area contributed by atoms with E-state index in [9.17, 15) is 13.2 Å². The van der Waals surface area contributed by atoms with Gasteiger partial charge in [-0.3, -0.25) is 9.10 Å². The number of nitrogens with one attached hydrogen (secondary N) is 1. The highest BCUT2D eigenvalue weighted by molar-refractivity contribution is 7.92. The van der Waals surface area contributed by atoms with Crippen molar-refractivity contribution in [2.75, 3.05) is 22.4 Å². The van der Waals surface area contributed by atoms with E-state index in [0.29, 0.717) is 22.1 Å². The van der Waals surface area contributed by atoms with E-state index in [1.54, 1.807) is 31.2 Å². The smallest absolute Gasteiger partial charge is 0.267 e. The zero-order chi connectivity index (χ0) is 21.6. The molecule has 0 fully saturated rings. The fourth-order valence-electron chi connectivity index (χ4n) is 3.12. The second kappa shape index (κ2) is 7.54. The van der Waals surface area contributed by atoms with Gasteiger partial charge in [-0.25, -0.2) is 8.42 Å². The van der Waals surface area contributed by atoms with Crippen molar-refractivity contribution in [3.63, 3.8) is 0 Å². The highest BCUT2D eigenvalue weighted by atomic mass is 35.5. The molecule has 0 aromatic heterocycles. The minimum atomic E-state index is -3.60. The first-order valence-corrected chi connectivity index (χ1v) is 11.5. The number of hydrogen-bond acceptors (Lipinski definition) is 4. The van der Waals surface area contributed by atoms with Crippen LogP contribution in [0.4, 0.5) is 11.4 Å². The van der Waals surface area contributed by atoms with Gasteiger partial charge < -0.3 is 10.1 Å². The molecule has 0 bridgehead atoms. The highest BCUT2D eigenvalue weighted by Crippen LogP contribution is 2.38. The summed E-state index contributed by atoms with van der Waals surface area (Å²) in [6.45, 7) is 7.84. The van der Waals surface area contributed by atoms with Crippen molar-refractivity contribution in [1.29, 1.82) is 0 Å². The van der Waals surface area contributed by atoms with Gasteiger partial charge >= 0.3 is 0 Å². The average Bonchev–Trinajstić information content (AvgIpc) is 2.62. The molecule has 2 aromatic carbocycles. The number of hydrogen-bond donors (Lipinski definition) is 1. The summed E-state index contributed by atoms with van der Waals surface area (Å²) < 4.78 is 32.0. The molecule has 0 radical (unpaired) electrons. The van der Waals surface area contributed by atoms with Gasteiger partial charge in [-0.15, -0.1) is 0 Å². The van der Waals surface area contributed by atoms with E-state index < -0.39 is 22.0 Å². The number of nitrogens with zero attached hydrogens (tertiary/aromatic N) is 1. The largest absolute Gasteiger partial charge is 0.476 e. The number of halogens is 1. The van der Waals surface area contributed by atoms with Gasteiger partial charge in [0.15, 0.2) is 6.10 Å². The number of ether oxygens (including phenoxy) is 1. The summed E-state index contributed by atoms with van der Waals surface area (Å²) in [6.07, 6.45) is 0.137. The molecule has 0 saturated carbocycles. The Morgan fingerprint density at radius 2 is 1.93 bits per heavy atom. The Hall–Kier alpha value is -2.25. The first kappa shape index (κ1) is 21.5. The molecule has 0 unspecified atom stereocenters. The van der Waals surface area contributed by atoms with Crippen molar-refractivity contribution in [2.24, 2.45) is 0 Å². The summed E-state index contributed by atoms with van der Waals surface area (Å²) in [5, 5.41) is 3.32. The zero-order valence-electron chi connectivity index (χ0n) is 17.1. The van der Waals surface area contributed by atoms with Gasteiger partial charge in [0.2, 0.25) is 10.0 Å². The molecule has 2 aromatic rings. The maximum atomic E-state index is 12.8. The van der Waals surface area contributed by atoms with Crippen molar-refractivity contribution >= 4 is 38.9 Å². The summed E-state index contributed by atoms with van der Waals surface area (Å²) in [4.78, 5) is 12.8. The minimum absolute atomic E-state index is 0.106. The van der Waals surface area contributed by atoms with E-state index in [0.717, 1.165) is 17.4 Å². The van der Waals surface area contributed by atoms with Crippen LogP contribution in [-0.4, -0.2) is 33.2 Å². The van der Waals surface area contributed by atoms with Crippen LogP contribution in [0, 0.1) is 6.92 Å². The SMILES string of the molecule is Cc1c(Cl)cccc1NC(=O)[C@@H]1CN(S(C)(=O)=O)c2cc(C(C)(C)C)ccc2O1. The number of carbonyl (C=O) groups excluding carboxylic acids is 1. The van der Waals surface area contributed by atoms with Crippen LogP contribution in [-0.2, 0) is 20.2 Å². The van der Waals surface area contributed by atoms with E-state index in [4.69, 9.17) is 16.3 Å². The van der Waals surface area contributed by atoms with Crippen molar-refractivity contribution < 1.29 is 17.9 Å². The quantitative estimate of drug-likeness (QED) is 0.785. The molecular weight excluding hydrogens is 412 g/mol. The number of benzene rings is 2. The Labute approximate surface area is 176 Å². The maximum Gasteiger partial charge on any atom is 0.267 e. The molecule has 1 aliphatic heterocycles. The molecule has 8 heteroatoms. The fourth-order valence-corrected chi connectivity index (χ4v) is 4.21. The lowest BCUT2D eigenvalue weighted by Crippen LogP contribution is -2.48. The standard InChI is InChI=1S/C21H25ClN2O4S/c1-13-15(22)7-6-8-16(13)23-20(25)19-12-24(29(5,26)27)17-11-14(21(2,3)4)9-10-18(17)28-19/h6-11,19H,12H2,1-5H3,(H,23,25)/t19-/m0/s1. The van der Waals surface area contributed by atoms with Crippen LogP contribution in [0.15, 0.2) is 36.4 Å². The number of fused-ring (bicyclic) bond motifs is 1. The number of rotatable bonds is 3. The third-order valence-corrected chi connectivity index (χ3v) is 6.47. The maximum absolute atomic E-state index is 12.8. The third kappa shape index (κ3) is 4.51. The van der Waals surface area contributed by atoms with Gasteiger partial charge in [0.05, 0.1) is 18.5 Å². The first-order valence-electron chi connectivity index (χ1n) is 9.23. The van der Waals surface area contributed by atoms with E-state index in [-0.39, 0.29) is 12.0 Å². The lowest BCUT2D eigenvalue weighted by molar-refractivity contribution is -0.122. The first-order chi connectivity index (χ1) is 13.4. The summed E-state index contributed by atoms with van der Waals surface area (Å²) in [6, 6.07) is 10.6. The molecule has 29 heavy (non-hydrogen) atoms. The van der Waals surface area contributed by atoms with E-state index in [1.807, 2.05) is 32.9 Å². The Bertz CT molecular complexity index is 1060. The molecule has 0 saturated heterocycles.